The van der Waals surface area contributed by atoms with Crippen LogP contribution in [0.1, 0.15) is 18.4 Å². The zero-order valence-electron chi connectivity index (χ0n) is 10.5. The SMILES string of the molecule is O=C(O)C1CCC(=O)N1Cc1ccccc1OC(F)F. The van der Waals surface area contributed by atoms with Crippen molar-refractivity contribution in [2.75, 3.05) is 0 Å². The van der Waals surface area contributed by atoms with E-state index in [1.807, 2.05) is 0 Å². The molecule has 1 saturated heterocycles. The summed E-state index contributed by atoms with van der Waals surface area (Å²) in [5.41, 5.74) is 0.356. The first-order valence-corrected chi connectivity index (χ1v) is 6.04. The van der Waals surface area contributed by atoms with Crippen LogP contribution < -0.4 is 4.74 Å². The van der Waals surface area contributed by atoms with Crippen LogP contribution in [0.15, 0.2) is 24.3 Å². The number of aliphatic carboxylic acids is 1. The summed E-state index contributed by atoms with van der Waals surface area (Å²) in [6, 6.07) is 5.12. The van der Waals surface area contributed by atoms with Gasteiger partial charge in [0.15, 0.2) is 0 Å². The van der Waals surface area contributed by atoms with Crippen molar-refractivity contribution < 1.29 is 28.2 Å². The minimum atomic E-state index is -2.97. The third kappa shape index (κ3) is 3.04. The second kappa shape index (κ2) is 5.85. The molecule has 1 aromatic carbocycles. The number of halogens is 2. The number of hydrogen-bond acceptors (Lipinski definition) is 3. The fourth-order valence-corrected chi connectivity index (χ4v) is 2.22. The second-order valence-corrected chi connectivity index (χ2v) is 4.40. The molecule has 5 nitrogen and oxygen atoms in total. The van der Waals surface area contributed by atoms with E-state index in [4.69, 9.17) is 5.11 Å². The Morgan fingerprint density at radius 1 is 1.45 bits per heavy atom. The first-order valence-electron chi connectivity index (χ1n) is 6.04. The van der Waals surface area contributed by atoms with Crippen LogP contribution in [0.25, 0.3) is 0 Å². The van der Waals surface area contributed by atoms with Crippen LogP contribution in [0.3, 0.4) is 0 Å². The molecule has 1 aliphatic rings. The van der Waals surface area contributed by atoms with Gasteiger partial charge in [-0.05, 0) is 12.5 Å². The summed E-state index contributed by atoms with van der Waals surface area (Å²) >= 11 is 0. The van der Waals surface area contributed by atoms with Crippen LogP contribution >= 0.6 is 0 Å². The number of carboxylic acid groups (broad SMARTS) is 1. The quantitative estimate of drug-likeness (QED) is 0.896. The molecule has 0 radical (unpaired) electrons. The summed E-state index contributed by atoms with van der Waals surface area (Å²) in [5, 5.41) is 9.05. The Morgan fingerprint density at radius 2 is 2.15 bits per heavy atom. The van der Waals surface area contributed by atoms with Gasteiger partial charge < -0.3 is 14.7 Å². The molecule has 1 atom stereocenters. The van der Waals surface area contributed by atoms with Gasteiger partial charge in [0, 0.05) is 12.0 Å². The maximum Gasteiger partial charge on any atom is 0.387 e. The number of rotatable bonds is 5. The Kier molecular flexibility index (Phi) is 4.16. The van der Waals surface area contributed by atoms with Gasteiger partial charge in [-0.2, -0.15) is 8.78 Å². The third-order valence-corrected chi connectivity index (χ3v) is 3.14. The molecule has 20 heavy (non-hydrogen) atoms. The average Bonchev–Trinajstić information content (AvgIpc) is 2.73. The molecule has 0 bridgehead atoms. The molecule has 1 unspecified atom stereocenters. The molecule has 1 heterocycles. The van der Waals surface area contributed by atoms with Crippen molar-refractivity contribution in [3.8, 4) is 5.75 Å². The first kappa shape index (κ1) is 14.2. The summed E-state index contributed by atoms with van der Waals surface area (Å²) < 4.78 is 29.0. The lowest BCUT2D eigenvalue weighted by Crippen LogP contribution is -2.38. The van der Waals surface area contributed by atoms with E-state index in [9.17, 15) is 18.4 Å². The smallest absolute Gasteiger partial charge is 0.387 e. The van der Waals surface area contributed by atoms with E-state index in [2.05, 4.69) is 4.74 Å². The predicted octanol–water partition coefficient (Wildman–Crippen LogP) is 1.86. The number of carbonyl (C=O) groups is 2. The zero-order chi connectivity index (χ0) is 14.7. The number of ether oxygens (including phenoxy) is 1. The molecule has 1 fully saturated rings. The van der Waals surface area contributed by atoms with Crippen molar-refractivity contribution in [2.45, 2.75) is 32.0 Å². The van der Waals surface area contributed by atoms with Crippen molar-refractivity contribution in [1.29, 1.82) is 0 Å². The van der Waals surface area contributed by atoms with Gasteiger partial charge in [-0.25, -0.2) is 4.79 Å². The summed E-state index contributed by atoms with van der Waals surface area (Å²) in [5.74, 6) is -1.45. The maximum absolute atomic E-state index is 12.3. The summed E-state index contributed by atoms with van der Waals surface area (Å²) in [4.78, 5) is 23.9. The predicted molar refractivity (Wildman–Crippen MR) is 64.3 cm³/mol. The van der Waals surface area contributed by atoms with E-state index in [0.29, 0.717) is 5.56 Å². The highest BCUT2D eigenvalue weighted by Gasteiger charge is 2.36. The molecule has 0 aromatic heterocycles. The van der Waals surface area contributed by atoms with Gasteiger partial charge in [-0.3, -0.25) is 4.79 Å². The normalized spacial score (nSPS) is 18.6. The highest BCUT2D eigenvalue weighted by molar-refractivity contribution is 5.87. The Hall–Kier alpha value is -2.18. The molecule has 2 rings (SSSR count). The molecule has 1 amide bonds. The standard InChI is InChI=1S/C13H13F2NO4/c14-13(15)20-10-4-2-1-3-8(10)7-16-9(12(18)19)5-6-11(16)17/h1-4,9,13H,5-7H2,(H,18,19). The fraction of sp³-hybridized carbons (Fsp3) is 0.385. The maximum atomic E-state index is 12.3. The van der Waals surface area contributed by atoms with Crippen LogP contribution in [0.4, 0.5) is 8.78 Å². The highest BCUT2D eigenvalue weighted by atomic mass is 19.3. The first-order chi connectivity index (χ1) is 9.49. The van der Waals surface area contributed by atoms with Crippen LogP contribution in [0.2, 0.25) is 0 Å². The van der Waals surface area contributed by atoms with Gasteiger partial charge in [0.25, 0.3) is 0 Å². The zero-order valence-corrected chi connectivity index (χ0v) is 10.5. The lowest BCUT2D eigenvalue weighted by molar-refractivity contribution is -0.146. The van der Waals surface area contributed by atoms with E-state index < -0.39 is 18.6 Å². The number of likely N-dealkylation sites (tertiary alicyclic amines) is 1. The molecule has 0 aliphatic carbocycles. The summed E-state index contributed by atoms with van der Waals surface area (Å²) in [7, 11) is 0. The Morgan fingerprint density at radius 3 is 2.80 bits per heavy atom. The van der Waals surface area contributed by atoms with Gasteiger partial charge in [0.2, 0.25) is 5.91 Å². The molecule has 7 heteroatoms. The van der Waals surface area contributed by atoms with Gasteiger partial charge in [0.05, 0.1) is 6.54 Å². The number of amides is 1. The second-order valence-electron chi connectivity index (χ2n) is 4.40. The van der Waals surface area contributed by atoms with E-state index in [1.54, 1.807) is 6.07 Å². The van der Waals surface area contributed by atoms with E-state index in [1.165, 1.54) is 23.1 Å². The molecule has 1 aliphatic heterocycles. The Balaban J connectivity index is 2.20. The van der Waals surface area contributed by atoms with Crippen molar-refractivity contribution in [3.63, 3.8) is 0 Å². The topological polar surface area (TPSA) is 66.8 Å². The lowest BCUT2D eigenvalue weighted by Gasteiger charge is -2.22. The van der Waals surface area contributed by atoms with E-state index in [-0.39, 0.29) is 31.0 Å². The number of nitrogens with zero attached hydrogens (tertiary/aromatic N) is 1. The molecule has 0 saturated carbocycles. The molecular weight excluding hydrogens is 272 g/mol. The van der Waals surface area contributed by atoms with Crippen LogP contribution in [-0.4, -0.2) is 34.5 Å². The average molecular weight is 285 g/mol. The summed E-state index contributed by atoms with van der Waals surface area (Å²) in [6.45, 7) is -3.03. The molecule has 108 valence electrons. The number of carbonyl (C=O) groups excluding carboxylic acids is 1. The van der Waals surface area contributed by atoms with Gasteiger partial charge >= 0.3 is 12.6 Å². The van der Waals surface area contributed by atoms with Crippen molar-refractivity contribution >= 4 is 11.9 Å². The largest absolute Gasteiger partial charge is 0.480 e. The fourth-order valence-electron chi connectivity index (χ4n) is 2.22. The van der Waals surface area contributed by atoms with E-state index in [0.717, 1.165) is 0 Å². The van der Waals surface area contributed by atoms with Crippen LogP contribution in [-0.2, 0) is 16.1 Å². The van der Waals surface area contributed by atoms with Crippen LogP contribution in [0, 0.1) is 0 Å². The van der Waals surface area contributed by atoms with Crippen molar-refractivity contribution in [2.24, 2.45) is 0 Å². The van der Waals surface area contributed by atoms with Gasteiger partial charge in [-0.15, -0.1) is 0 Å². The van der Waals surface area contributed by atoms with Crippen molar-refractivity contribution in [1.82, 2.24) is 4.90 Å². The number of para-hydroxylation sites is 1. The number of carboxylic acids is 1. The number of benzene rings is 1. The Labute approximate surface area is 113 Å². The summed E-state index contributed by atoms with van der Waals surface area (Å²) in [6.07, 6.45) is 0.376. The molecule has 0 spiro atoms. The van der Waals surface area contributed by atoms with Crippen LogP contribution in [0.5, 0.6) is 5.75 Å². The number of hydrogen-bond donors (Lipinski definition) is 1. The van der Waals surface area contributed by atoms with E-state index >= 15 is 0 Å². The molecular formula is C13H13F2NO4. The molecule has 1 N–H and O–H groups in total. The number of alkyl halides is 2. The lowest BCUT2D eigenvalue weighted by atomic mass is 10.1. The van der Waals surface area contributed by atoms with Crippen molar-refractivity contribution in [3.05, 3.63) is 29.8 Å². The monoisotopic (exact) mass is 285 g/mol. The Bertz CT molecular complexity index is 521. The minimum Gasteiger partial charge on any atom is -0.480 e. The van der Waals surface area contributed by atoms with Gasteiger partial charge in [0.1, 0.15) is 11.8 Å². The molecule has 1 aromatic rings. The third-order valence-electron chi connectivity index (χ3n) is 3.14. The minimum absolute atomic E-state index is 0.0497. The highest BCUT2D eigenvalue weighted by Crippen LogP contribution is 2.26. The van der Waals surface area contributed by atoms with Gasteiger partial charge in [-0.1, -0.05) is 18.2 Å².